The summed E-state index contributed by atoms with van der Waals surface area (Å²) in [6.45, 7) is 10.3. The minimum Gasteiger partial charge on any atom is -0.487 e. The van der Waals surface area contributed by atoms with Gasteiger partial charge in [0, 0.05) is 0 Å². The predicted octanol–water partition coefficient (Wildman–Crippen LogP) is 6.16. The van der Waals surface area contributed by atoms with Crippen LogP contribution in [0.3, 0.4) is 0 Å². The molecule has 2 N–H and O–H groups in total. The summed E-state index contributed by atoms with van der Waals surface area (Å²) in [7, 11) is 0. The summed E-state index contributed by atoms with van der Waals surface area (Å²) >= 11 is 1.09. The second-order valence-corrected chi connectivity index (χ2v) is 12.6. The van der Waals surface area contributed by atoms with Gasteiger partial charge >= 0.3 is 18.2 Å². The van der Waals surface area contributed by atoms with Crippen LogP contribution in [-0.4, -0.2) is 57.1 Å². The number of ether oxygens (including phenoxy) is 3. The predicted molar refractivity (Wildman–Crippen MR) is 151 cm³/mol. The normalized spacial score (nSPS) is 14.5. The quantitative estimate of drug-likeness (QED) is 0.220. The number of hydrogen-bond donors (Lipinski definition) is 2. The van der Waals surface area contributed by atoms with Crippen molar-refractivity contribution in [2.45, 2.75) is 90.0 Å². The molecule has 2 rings (SSSR count). The summed E-state index contributed by atoms with van der Waals surface area (Å²) in [4.78, 5) is 28.7. The molecule has 0 radical (unpaired) electrons. The van der Waals surface area contributed by atoms with Gasteiger partial charge in [0.05, 0.1) is 11.9 Å². The number of halogens is 3. The minimum absolute atomic E-state index is 0.0783. The number of nitrogens with one attached hydrogen (secondary N) is 1. The van der Waals surface area contributed by atoms with Gasteiger partial charge in [-0.1, -0.05) is 30.3 Å². The zero-order valence-corrected chi connectivity index (χ0v) is 25.0. The van der Waals surface area contributed by atoms with Gasteiger partial charge in [-0.2, -0.15) is 24.9 Å². The van der Waals surface area contributed by atoms with Crippen LogP contribution in [0.5, 0.6) is 5.75 Å². The molecule has 1 heterocycles. The molecule has 228 valence electrons. The van der Waals surface area contributed by atoms with Gasteiger partial charge in [-0.25, -0.2) is 9.59 Å². The number of benzene rings is 1. The molecule has 0 fully saturated rings. The number of rotatable bonds is 12. The van der Waals surface area contributed by atoms with E-state index in [4.69, 9.17) is 14.2 Å². The molecule has 0 spiro atoms. The Morgan fingerprint density at radius 3 is 2.12 bits per heavy atom. The number of aliphatic hydroxyl groups is 1. The number of pyridine rings is 1. The van der Waals surface area contributed by atoms with Crippen LogP contribution in [0.1, 0.15) is 65.6 Å². The van der Waals surface area contributed by atoms with E-state index in [1.54, 1.807) is 41.5 Å². The average Bonchev–Trinajstić information content (AvgIpc) is 2.84. The standard InChI is InChI=1S/C29H39F3N2O6S/c1-26(2,3)39-24(35)22(34-25(36)40-27(4,5)6)14-16-41-17-15-28(37,29(30,31)32)23-13-12-21(18-33-23)38-19-20-10-8-7-9-11-20/h7-13,18,22,37H,14-17,19H2,1-6H3,(H,34,36)/t22-,28?/m0/s1. The number of alkyl halides is 3. The van der Waals surface area contributed by atoms with Gasteiger partial charge in [-0.3, -0.25) is 4.98 Å². The first-order valence-electron chi connectivity index (χ1n) is 13.1. The van der Waals surface area contributed by atoms with E-state index in [9.17, 15) is 27.9 Å². The first-order chi connectivity index (χ1) is 18.9. The topological polar surface area (TPSA) is 107 Å². The van der Waals surface area contributed by atoms with E-state index in [2.05, 4.69) is 10.3 Å². The van der Waals surface area contributed by atoms with E-state index in [0.29, 0.717) is 0 Å². The van der Waals surface area contributed by atoms with Gasteiger partial charge in [0.1, 0.15) is 29.6 Å². The lowest BCUT2D eigenvalue weighted by Crippen LogP contribution is -2.46. The molecule has 0 saturated heterocycles. The van der Waals surface area contributed by atoms with Crippen LogP contribution in [-0.2, 0) is 26.5 Å². The number of nitrogens with zero attached hydrogens (tertiary/aromatic N) is 1. The SMILES string of the molecule is CC(C)(C)OC(=O)N[C@@H](CCSCCC(O)(c1ccc(OCc2ccccc2)cn1)C(F)(F)F)C(=O)OC(C)(C)C. The highest BCUT2D eigenvalue weighted by atomic mass is 32.2. The van der Waals surface area contributed by atoms with E-state index in [-0.39, 0.29) is 30.3 Å². The summed E-state index contributed by atoms with van der Waals surface area (Å²) in [6.07, 6.45) is -5.24. The van der Waals surface area contributed by atoms with Crippen molar-refractivity contribution < 1.29 is 42.1 Å². The molecular weight excluding hydrogens is 561 g/mol. The van der Waals surface area contributed by atoms with Gasteiger partial charge in [0.15, 0.2) is 0 Å². The van der Waals surface area contributed by atoms with Gasteiger partial charge < -0.3 is 24.6 Å². The van der Waals surface area contributed by atoms with Crippen LogP contribution >= 0.6 is 11.8 Å². The molecule has 2 aromatic rings. The smallest absolute Gasteiger partial charge is 0.423 e. The zero-order valence-electron chi connectivity index (χ0n) is 24.2. The van der Waals surface area contributed by atoms with Crippen LogP contribution in [0.15, 0.2) is 48.7 Å². The Morgan fingerprint density at radius 1 is 0.951 bits per heavy atom. The van der Waals surface area contributed by atoms with E-state index in [1.807, 2.05) is 30.3 Å². The van der Waals surface area contributed by atoms with Crippen molar-refractivity contribution in [3.05, 3.63) is 59.9 Å². The van der Waals surface area contributed by atoms with E-state index >= 15 is 0 Å². The molecule has 0 aliphatic heterocycles. The third kappa shape index (κ3) is 11.8. The number of hydrogen-bond acceptors (Lipinski definition) is 8. The van der Waals surface area contributed by atoms with Crippen LogP contribution in [0.2, 0.25) is 0 Å². The highest BCUT2D eigenvalue weighted by Crippen LogP contribution is 2.41. The fraction of sp³-hybridized carbons (Fsp3) is 0.552. The molecule has 2 atom stereocenters. The zero-order chi connectivity index (χ0) is 30.9. The van der Waals surface area contributed by atoms with Crippen molar-refractivity contribution in [2.75, 3.05) is 11.5 Å². The number of carbonyl (C=O) groups excluding carboxylic acids is 2. The van der Waals surface area contributed by atoms with Gasteiger partial charge in [-0.05, 0) is 83.6 Å². The number of alkyl carbamates (subject to hydrolysis) is 1. The second kappa shape index (κ2) is 14.3. The number of amides is 1. The van der Waals surface area contributed by atoms with E-state index < -0.39 is 53.2 Å². The molecule has 1 aromatic carbocycles. The van der Waals surface area contributed by atoms with Crippen molar-refractivity contribution in [1.29, 1.82) is 0 Å². The van der Waals surface area contributed by atoms with Gasteiger partial charge in [0.2, 0.25) is 5.60 Å². The average molecular weight is 601 g/mol. The van der Waals surface area contributed by atoms with Gasteiger partial charge in [0.25, 0.3) is 0 Å². The molecule has 1 aromatic heterocycles. The molecule has 0 bridgehead atoms. The van der Waals surface area contributed by atoms with Crippen molar-refractivity contribution >= 4 is 23.8 Å². The van der Waals surface area contributed by atoms with Gasteiger partial charge in [-0.15, -0.1) is 0 Å². The molecule has 1 unspecified atom stereocenters. The van der Waals surface area contributed by atoms with Crippen LogP contribution in [0, 0.1) is 0 Å². The number of esters is 1. The van der Waals surface area contributed by atoms with Crippen LogP contribution < -0.4 is 10.1 Å². The minimum atomic E-state index is -4.98. The second-order valence-electron chi connectivity index (χ2n) is 11.4. The highest BCUT2D eigenvalue weighted by Gasteiger charge is 2.55. The summed E-state index contributed by atoms with van der Waals surface area (Å²) in [5.41, 5.74) is -4.45. The Balaban J connectivity index is 1.99. The molecule has 8 nitrogen and oxygen atoms in total. The lowest BCUT2D eigenvalue weighted by molar-refractivity contribution is -0.268. The lowest BCUT2D eigenvalue weighted by Gasteiger charge is -2.30. The molecule has 12 heteroatoms. The highest BCUT2D eigenvalue weighted by molar-refractivity contribution is 7.99. The van der Waals surface area contributed by atoms with Crippen molar-refractivity contribution in [3.63, 3.8) is 0 Å². The van der Waals surface area contributed by atoms with Crippen molar-refractivity contribution in [2.24, 2.45) is 0 Å². The summed E-state index contributed by atoms with van der Waals surface area (Å²) < 4.78 is 58.1. The number of carbonyl (C=O) groups is 2. The summed E-state index contributed by atoms with van der Waals surface area (Å²) in [5.74, 6) is -0.318. The number of thioether (sulfide) groups is 1. The molecule has 0 aliphatic rings. The monoisotopic (exact) mass is 600 g/mol. The molecule has 0 saturated carbocycles. The molecular formula is C29H39F3N2O6S. The summed E-state index contributed by atoms with van der Waals surface area (Å²) in [6, 6.07) is 10.6. The number of aromatic nitrogens is 1. The molecule has 1 amide bonds. The first-order valence-corrected chi connectivity index (χ1v) is 14.3. The lowest BCUT2D eigenvalue weighted by atomic mass is 9.95. The molecule has 41 heavy (non-hydrogen) atoms. The maximum absolute atomic E-state index is 14.0. The first kappa shape index (κ1) is 34.2. The maximum Gasteiger partial charge on any atom is 0.423 e. The fourth-order valence-corrected chi connectivity index (χ4v) is 4.51. The van der Waals surface area contributed by atoms with E-state index in [0.717, 1.165) is 29.6 Å². The van der Waals surface area contributed by atoms with Crippen LogP contribution in [0.25, 0.3) is 0 Å². The maximum atomic E-state index is 14.0. The Morgan fingerprint density at radius 2 is 1.59 bits per heavy atom. The van der Waals surface area contributed by atoms with Crippen molar-refractivity contribution in [3.8, 4) is 5.75 Å². The Bertz CT molecular complexity index is 1120. The third-order valence-corrected chi connectivity index (χ3v) is 6.44. The third-order valence-electron chi connectivity index (χ3n) is 5.42. The molecule has 0 aliphatic carbocycles. The van der Waals surface area contributed by atoms with E-state index in [1.165, 1.54) is 6.07 Å². The Kier molecular flexibility index (Phi) is 11.9. The fourth-order valence-electron chi connectivity index (χ4n) is 3.46. The summed E-state index contributed by atoms with van der Waals surface area (Å²) in [5, 5.41) is 13.2. The Labute approximate surface area is 243 Å². The Hall–Kier alpha value is -2.99. The van der Waals surface area contributed by atoms with Crippen molar-refractivity contribution in [1.82, 2.24) is 10.3 Å². The van der Waals surface area contributed by atoms with Crippen LogP contribution in [0.4, 0.5) is 18.0 Å². The largest absolute Gasteiger partial charge is 0.487 e.